The van der Waals surface area contributed by atoms with E-state index >= 15 is 0 Å². The van der Waals surface area contributed by atoms with Crippen LogP contribution in [0, 0.1) is 5.92 Å². The van der Waals surface area contributed by atoms with Gasteiger partial charge in [0.1, 0.15) is 0 Å². The lowest BCUT2D eigenvalue weighted by Crippen LogP contribution is -2.51. The smallest absolute Gasteiger partial charge is 0.225 e. The van der Waals surface area contributed by atoms with Crippen LogP contribution in [0.3, 0.4) is 0 Å². The molecule has 1 aliphatic heterocycles. The molecular formula is C15H30N2O2. The van der Waals surface area contributed by atoms with Crippen LogP contribution in [0.15, 0.2) is 0 Å². The third kappa shape index (κ3) is 5.11. The molecule has 0 radical (unpaired) electrons. The molecule has 1 N–H and O–H groups in total. The Bertz CT molecular complexity index is 292. The van der Waals surface area contributed by atoms with Gasteiger partial charge in [-0.25, -0.2) is 0 Å². The molecule has 1 heterocycles. The molecule has 19 heavy (non-hydrogen) atoms. The molecule has 112 valence electrons. The van der Waals surface area contributed by atoms with Gasteiger partial charge in [0, 0.05) is 26.2 Å². The number of carbonyl (C=O) groups is 1. The lowest BCUT2D eigenvalue weighted by atomic mass is 9.92. The number of likely N-dealkylation sites (tertiary alicyclic amines) is 1. The highest BCUT2D eigenvalue weighted by Gasteiger charge is 2.31. The summed E-state index contributed by atoms with van der Waals surface area (Å²) in [6.45, 7) is 11.1. The van der Waals surface area contributed by atoms with E-state index in [1.165, 1.54) is 0 Å². The van der Waals surface area contributed by atoms with Gasteiger partial charge in [-0.15, -0.1) is 0 Å². The number of rotatable bonds is 6. The van der Waals surface area contributed by atoms with E-state index in [2.05, 4.69) is 19.2 Å². The fraction of sp³-hybridized carbons (Fsp3) is 0.933. The molecule has 1 fully saturated rings. The lowest BCUT2D eigenvalue weighted by Gasteiger charge is -2.38. The van der Waals surface area contributed by atoms with E-state index in [-0.39, 0.29) is 11.5 Å². The van der Waals surface area contributed by atoms with Crippen molar-refractivity contribution >= 4 is 5.91 Å². The first-order chi connectivity index (χ1) is 8.89. The average molecular weight is 270 g/mol. The van der Waals surface area contributed by atoms with Crippen LogP contribution in [0.25, 0.3) is 0 Å². The minimum absolute atomic E-state index is 0.215. The third-order valence-corrected chi connectivity index (χ3v) is 4.04. The molecule has 0 aromatic heterocycles. The highest BCUT2D eigenvalue weighted by molar-refractivity contribution is 5.77. The lowest BCUT2D eigenvalue weighted by molar-refractivity contribution is -0.138. The number of hydrogen-bond donors (Lipinski definition) is 1. The van der Waals surface area contributed by atoms with E-state index in [0.717, 1.165) is 32.5 Å². The molecule has 0 aliphatic carbocycles. The summed E-state index contributed by atoms with van der Waals surface area (Å²) in [7, 11) is 1.66. The number of ether oxygens (including phenoxy) is 1. The van der Waals surface area contributed by atoms with Crippen LogP contribution < -0.4 is 5.32 Å². The van der Waals surface area contributed by atoms with Gasteiger partial charge >= 0.3 is 0 Å². The topological polar surface area (TPSA) is 41.6 Å². The number of nitrogens with zero attached hydrogens (tertiary/aromatic N) is 1. The van der Waals surface area contributed by atoms with Crippen LogP contribution in [0.5, 0.6) is 0 Å². The minimum Gasteiger partial charge on any atom is -0.378 e. The molecule has 0 aromatic carbocycles. The van der Waals surface area contributed by atoms with Gasteiger partial charge in [-0.05, 0) is 39.2 Å². The predicted molar refractivity (Wildman–Crippen MR) is 78.1 cm³/mol. The molecule has 4 heteroatoms. The van der Waals surface area contributed by atoms with Crippen LogP contribution in [0.1, 0.15) is 47.0 Å². The number of methoxy groups -OCH3 is 1. The van der Waals surface area contributed by atoms with Gasteiger partial charge in [0.25, 0.3) is 0 Å². The first-order valence-electron chi connectivity index (χ1n) is 7.46. The van der Waals surface area contributed by atoms with Crippen molar-refractivity contribution in [3.63, 3.8) is 0 Å². The Kier molecular flexibility index (Phi) is 6.27. The molecule has 0 spiro atoms. The minimum atomic E-state index is -0.363. The Hall–Kier alpha value is -0.610. The molecule has 1 saturated heterocycles. The zero-order valence-electron chi connectivity index (χ0n) is 13.2. The van der Waals surface area contributed by atoms with Crippen LogP contribution in [-0.4, -0.2) is 49.2 Å². The van der Waals surface area contributed by atoms with E-state index in [9.17, 15) is 4.79 Å². The van der Waals surface area contributed by atoms with E-state index < -0.39 is 0 Å². The summed E-state index contributed by atoms with van der Waals surface area (Å²) < 4.78 is 5.34. The van der Waals surface area contributed by atoms with Crippen LogP contribution in [0.4, 0.5) is 0 Å². The molecule has 1 amide bonds. The van der Waals surface area contributed by atoms with Crippen molar-refractivity contribution in [2.75, 3.05) is 26.7 Å². The summed E-state index contributed by atoms with van der Waals surface area (Å²) in [5.74, 6) is 0.738. The van der Waals surface area contributed by atoms with Gasteiger partial charge in [0.05, 0.1) is 12.0 Å². The molecule has 0 saturated carbocycles. The molecule has 2 unspecified atom stereocenters. The molecule has 4 nitrogen and oxygen atoms in total. The van der Waals surface area contributed by atoms with Crippen LogP contribution >= 0.6 is 0 Å². The first kappa shape index (κ1) is 16.4. The van der Waals surface area contributed by atoms with Crippen molar-refractivity contribution in [2.24, 2.45) is 5.92 Å². The van der Waals surface area contributed by atoms with E-state index in [0.29, 0.717) is 18.4 Å². The van der Waals surface area contributed by atoms with Gasteiger partial charge in [-0.3, -0.25) is 4.79 Å². The standard InChI is InChI=1S/C15H30N2O2/c1-6-8-16-13-7-9-17(11-12(13)2)14(18)10-15(3,4)19-5/h12-13,16H,6-11H2,1-5H3. The van der Waals surface area contributed by atoms with E-state index in [1.807, 2.05) is 18.7 Å². The fourth-order valence-corrected chi connectivity index (χ4v) is 2.55. The van der Waals surface area contributed by atoms with Gasteiger partial charge < -0.3 is 15.0 Å². The molecule has 1 aliphatic rings. The second-order valence-electron chi connectivity index (χ2n) is 6.31. The van der Waals surface area contributed by atoms with Crippen molar-refractivity contribution in [2.45, 2.75) is 58.6 Å². The molecule has 1 rings (SSSR count). The zero-order chi connectivity index (χ0) is 14.5. The van der Waals surface area contributed by atoms with Crippen molar-refractivity contribution in [1.82, 2.24) is 10.2 Å². The SMILES string of the molecule is CCCNC1CCN(C(=O)CC(C)(C)OC)CC1C. The predicted octanol–water partition coefficient (Wildman–Crippen LogP) is 2.04. The fourth-order valence-electron chi connectivity index (χ4n) is 2.55. The van der Waals surface area contributed by atoms with E-state index in [4.69, 9.17) is 4.74 Å². The van der Waals surface area contributed by atoms with Crippen molar-refractivity contribution < 1.29 is 9.53 Å². The first-order valence-corrected chi connectivity index (χ1v) is 7.46. The Morgan fingerprint density at radius 1 is 1.47 bits per heavy atom. The third-order valence-electron chi connectivity index (χ3n) is 4.04. The quantitative estimate of drug-likeness (QED) is 0.803. The molecule has 0 bridgehead atoms. The maximum Gasteiger partial charge on any atom is 0.225 e. The molecule has 2 atom stereocenters. The summed E-state index contributed by atoms with van der Waals surface area (Å²) in [6.07, 6.45) is 2.68. The number of hydrogen-bond acceptors (Lipinski definition) is 3. The van der Waals surface area contributed by atoms with Crippen molar-refractivity contribution in [3.8, 4) is 0 Å². The second kappa shape index (κ2) is 7.25. The maximum atomic E-state index is 12.3. The summed E-state index contributed by atoms with van der Waals surface area (Å²) in [6, 6.07) is 0.555. The number of piperidine rings is 1. The van der Waals surface area contributed by atoms with Crippen LogP contribution in [0.2, 0.25) is 0 Å². The number of nitrogens with one attached hydrogen (secondary N) is 1. The normalized spacial score (nSPS) is 24.6. The second-order valence-corrected chi connectivity index (χ2v) is 6.31. The zero-order valence-corrected chi connectivity index (χ0v) is 13.2. The van der Waals surface area contributed by atoms with Gasteiger partial charge in [0.2, 0.25) is 5.91 Å². The Labute approximate surface area is 117 Å². The monoisotopic (exact) mass is 270 g/mol. The van der Waals surface area contributed by atoms with Gasteiger partial charge in [0.15, 0.2) is 0 Å². The number of amides is 1. The Morgan fingerprint density at radius 3 is 2.68 bits per heavy atom. The number of carbonyl (C=O) groups excluding carboxylic acids is 1. The summed E-state index contributed by atoms with van der Waals surface area (Å²) in [5, 5.41) is 3.58. The highest BCUT2D eigenvalue weighted by atomic mass is 16.5. The Morgan fingerprint density at radius 2 is 2.16 bits per heavy atom. The molecule has 0 aromatic rings. The van der Waals surface area contributed by atoms with Gasteiger partial charge in [-0.1, -0.05) is 13.8 Å². The van der Waals surface area contributed by atoms with Crippen molar-refractivity contribution in [3.05, 3.63) is 0 Å². The Balaban J connectivity index is 2.44. The van der Waals surface area contributed by atoms with Crippen molar-refractivity contribution in [1.29, 1.82) is 0 Å². The summed E-state index contributed by atoms with van der Waals surface area (Å²) in [4.78, 5) is 14.3. The summed E-state index contributed by atoms with van der Waals surface area (Å²) in [5.41, 5.74) is -0.363. The van der Waals surface area contributed by atoms with Crippen LogP contribution in [-0.2, 0) is 9.53 Å². The average Bonchev–Trinajstić information content (AvgIpc) is 2.36. The van der Waals surface area contributed by atoms with Gasteiger partial charge in [-0.2, -0.15) is 0 Å². The largest absolute Gasteiger partial charge is 0.378 e. The van der Waals surface area contributed by atoms with E-state index in [1.54, 1.807) is 7.11 Å². The maximum absolute atomic E-state index is 12.3. The summed E-state index contributed by atoms with van der Waals surface area (Å²) >= 11 is 0. The highest BCUT2D eigenvalue weighted by Crippen LogP contribution is 2.21. The molecular weight excluding hydrogens is 240 g/mol.